The van der Waals surface area contributed by atoms with Crippen LogP contribution in [0.15, 0.2) is 21.6 Å². The van der Waals surface area contributed by atoms with E-state index >= 15 is 0 Å². The SMILES string of the molecule is COC(=O)c1ccc(S(C)(=N)=O)o1. The third kappa shape index (κ3) is 2.09. The number of nitrogens with one attached hydrogen (secondary N) is 1. The molecule has 13 heavy (non-hydrogen) atoms. The van der Waals surface area contributed by atoms with Crippen LogP contribution >= 0.6 is 0 Å². The summed E-state index contributed by atoms with van der Waals surface area (Å²) in [6.07, 6.45) is 1.22. The number of esters is 1. The molecule has 1 atom stereocenters. The molecule has 1 N–H and O–H groups in total. The zero-order chi connectivity index (χ0) is 10.1. The lowest BCUT2D eigenvalue weighted by molar-refractivity contribution is 0.0559. The highest BCUT2D eigenvalue weighted by Gasteiger charge is 2.14. The Labute approximate surface area is 75.7 Å². The molecule has 0 saturated heterocycles. The van der Waals surface area contributed by atoms with Crippen molar-refractivity contribution in [3.8, 4) is 0 Å². The lowest BCUT2D eigenvalue weighted by atomic mass is 10.5. The van der Waals surface area contributed by atoms with Gasteiger partial charge in [0.15, 0.2) is 5.09 Å². The number of hydrogen-bond donors (Lipinski definition) is 1. The number of carbonyl (C=O) groups is 1. The first-order valence-corrected chi connectivity index (χ1v) is 5.33. The molecule has 0 radical (unpaired) electrons. The lowest BCUT2D eigenvalue weighted by Crippen LogP contribution is -1.99. The van der Waals surface area contributed by atoms with Gasteiger partial charge in [-0.15, -0.1) is 0 Å². The van der Waals surface area contributed by atoms with E-state index in [0.717, 1.165) is 0 Å². The molecule has 0 aliphatic rings. The van der Waals surface area contributed by atoms with Crippen molar-refractivity contribution in [2.24, 2.45) is 0 Å². The number of hydrogen-bond acceptors (Lipinski definition) is 5. The summed E-state index contributed by atoms with van der Waals surface area (Å²) in [5, 5.41) is -0.0205. The van der Waals surface area contributed by atoms with Crippen molar-refractivity contribution in [1.82, 2.24) is 0 Å². The van der Waals surface area contributed by atoms with Gasteiger partial charge in [0.1, 0.15) is 9.73 Å². The van der Waals surface area contributed by atoms with Gasteiger partial charge in [-0.3, -0.25) is 0 Å². The topological polar surface area (TPSA) is 80.4 Å². The zero-order valence-corrected chi connectivity index (χ0v) is 8.01. The largest absolute Gasteiger partial charge is 0.463 e. The van der Waals surface area contributed by atoms with Gasteiger partial charge in [-0.05, 0) is 12.1 Å². The predicted molar refractivity (Wildman–Crippen MR) is 45.1 cm³/mol. The Morgan fingerprint density at radius 3 is 2.62 bits per heavy atom. The molecule has 6 heteroatoms. The second-order valence-corrected chi connectivity index (χ2v) is 4.54. The summed E-state index contributed by atoms with van der Waals surface area (Å²) in [5.74, 6) is -0.686. The molecule has 0 saturated carbocycles. The molecule has 5 nitrogen and oxygen atoms in total. The molecule has 0 amide bonds. The molecule has 0 spiro atoms. The molecule has 0 bridgehead atoms. The van der Waals surface area contributed by atoms with Gasteiger partial charge in [-0.1, -0.05) is 0 Å². The van der Waals surface area contributed by atoms with Crippen LogP contribution in [-0.4, -0.2) is 23.5 Å². The fourth-order valence-electron chi connectivity index (χ4n) is 0.740. The van der Waals surface area contributed by atoms with Crippen LogP contribution in [0.3, 0.4) is 0 Å². The van der Waals surface area contributed by atoms with Gasteiger partial charge in [-0.25, -0.2) is 13.8 Å². The van der Waals surface area contributed by atoms with Gasteiger partial charge in [0.2, 0.25) is 5.76 Å². The summed E-state index contributed by atoms with van der Waals surface area (Å²) in [4.78, 5) is 10.9. The van der Waals surface area contributed by atoms with Crippen molar-refractivity contribution < 1.29 is 18.2 Å². The first-order valence-electron chi connectivity index (χ1n) is 3.37. The van der Waals surface area contributed by atoms with E-state index in [4.69, 9.17) is 9.20 Å². The van der Waals surface area contributed by atoms with Gasteiger partial charge in [0, 0.05) is 6.26 Å². The normalized spacial score (nSPS) is 14.9. The third-order valence-corrected chi connectivity index (χ3v) is 2.34. The molecule has 0 fully saturated rings. The maximum Gasteiger partial charge on any atom is 0.374 e. The average molecular weight is 203 g/mol. The van der Waals surface area contributed by atoms with Gasteiger partial charge in [-0.2, -0.15) is 0 Å². The molecular weight excluding hydrogens is 194 g/mol. The molecule has 0 aromatic carbocycles. The van der Waals surface area contributed by atoms with E-state index in [9.17, 15) is 9.00 Å². The summed E-state index contributed by atoms with van der Waals surface area (Å²) in [5.41, 5.74) is 0. The first-order chi connectivity index (χ1) is 5.95. The van der Waals surface area contributed by atoms with E-state index in [-0.39, 0.29) is 10.9 Å². The van der Waals surface area contributed by atoms with E-state index in [1.165, 1.54) is 25.5 Å². The molecule has 72 valence electrons. The minimum absolute atomic E-state index is 0.0205. The Hall–Kier alpha value is -1.30. The second kappa shape index (κ2) is 3.21. The minimum Gasteiger partial charge on any atom is -0.463 e. The molecule has 0 aliphatic heterocycles. The number of furan rings is 1. The Morgan fingerprint density at radius 1 is 1.62 bits per heavy atom. The number of rotatable bonds is 2. The maximum absolute atomic E-state index is 11.1. The second-order valence-electron chi connectivity index (χ2n) is 2.45. The monoisotopic (exact) mass is 203 g/mol. The van der Waals surface area contributed by atoms with Crippen molar-refractivity contribution in [3.63, 3.8) is 0 Å². The van der Waals surface area contributed by atoms with Crippen LogP contribution in [0.25, 0.3) is 0 Å². The summed E-state index contributed by atoms with van der Waals surface area (Å²) >= 11 is 0. The first kappa shape index (κ1) is 9.79. The highest BCUT2D eigenvalue weighted by atomic mass is 32.2. The van der Waals surface area contributed by atoms with Gasteiger partial charge in [0.05, 0.1) is 7.11 Å². The highest BCUT2D eigenvalue weighted by Crippen LogP contribution is 2.14. The van der Waals surface area contributed by atoms with Crippen LogP contribution < -0.4 is 0 Å². The maximum atomic E-state index is 11.1. The summed E-state index contributed by atoms with van der Waals surface area (Å²) in [6.45, 7) is 0. The number of carbonyl (C=O) groups excluding carboxylic acids is 1. The van der Waals surface area contributed by atoms with Crippen LogP contribution in [0, 0.1) is 4.78 Å². The summed E-state index contributed by atoms with van der Waals surface area (Å²) < 4.78 is 27.5. The molecule has 1 rings (SSSR count). The summed E-state index contributed by atoms with van der Waals surface area (Å²) in [7, 11) is -1.68. The Balaban J connectivity index is 3.07. The van der Waals surface area contributed by atoms with E-state index in [0.29, 0.717) is 0 Å². The van der Waals surface area contributed by atoms with Gasteiger partial charge >= 0.3 is 5.97 Å². The number of methoxy groups -OCH3 is 1. The average Bonchev–Trinajstić information content (AvgIpc) is 2.50. The summed E-state index contributed by atoms with van der Waals surface area (Å²) in [6, 6.07) is 2.67. The fraction of sp³-hybridized carbons (Fsp3) is 0.286. The van der Waals surface area contributed by atoms with Crippen LogP contribution in [0.4, 0.5) is 0 Å². The van der Waals surface area contributed by atoms with Crippen LogP contribution in [0.1, 0.15) is 10.6 Å². The molecule has 1 aromatic heterocycles. The standard InChI is InChI=1S/C7H9NO4S/c1-11-7(9)5-3-4-6(12-5)13(2,8)10/h3-4,8H,1-2H3. The highest BCUT2D eigenvalue weighted by molar-refractivity contribution is 7.91. The van der Waals surface area contributed by atoms with Gasteiger partial charge < -0.3 is 9.15 Å². The quantitative estimate of drug-likeness (QED) is 0.730. The van der Waals surface area contributed by atoms with E-state index < -0.39 is 15.7 Å². The van der Waals surface area contributed by atoms with E-state index in [1.54, 1.807) is 0 Å². The number of ether oxygens (including phenoxy) is 1. The molecule has 1 aromatic rings. The smallest absolute Gasteiger partial charge is 0.374 e. The Bertz CT molecular complexity index is 417. The van der Waals surface area contributed by atoms with E-state index in [1.807, 2.05) is 0 Å². The van der Waals surface area contributed by atoms with Crippen LogP contribution in [-0.2, 0) is 14.5 Å². The zero-order valence-electron chi connectivity index (χ0n) is 7.20. The fourth-order valence-corrected chi connectivity index (χ4v) is 1.32. The Morgan fingerprint density at radius 2 is 2.23 bits per heavy atom. The third-order valence-electron chi connectivity index (χ3n) is 1.35. The minimum atomic E-state index is -2.90. The van der Waals surface area contributed by atoms with Crippen molar-refractivity contribution >= 4 is 15.7 Å². The predicted octanol–water partition coefficient (Wildman–Crippen LogP) is 1.10. The molecule has 0 aliphatic carbocycles. The van der Waals surface area contributed by atoms with Crippen LogP contribution in [0.5, 0.6) is 0 Å². The van der Waals surface area contributed by atoms with Gasteiger partial charge in [0.25, 0.3) is 0 Å². The van der Waals surface area contributed by atoms with E-state index in [2.05, 4.69) is 4.74 Å². The molecule has 1 heterocycles. The van der Waals surface area contributed by atoms with Crippen LogP contribution in [0.2, 0.25) is 0 Å². The van der Waals surface area contributed by atoms with Crippen molar-refractivity contribution in [1.29, 1.82) is 4.78 Å². The van der Waals surface area contributed by atoms with Crippen molar-refractivity contribution in [2.45, 2.75) is 5.09 Å². The lowest BCUT2D eigenvalue weighted by Gasteiger charge is -1.94. The molecule has 1 unspecified atom stereocenters. The molecular formula is C7H9NO4S. The van der Waals surface area contributed by atoms with Crippen molar-refractivity contribution in [2.75, 3.05) is 13.4 Å². The van der Waals surface area contributed by atoms with Crippen molar-refractivity contribution in [3.05, 3.63) is 17.9 Å². The Kier molecular flexibility index (Phi) is 2.42.